The van der Waals surface area contributed by atoms with Crippen molar-refractivity contribution in [3.05, 3.63) is 34.9 Å². The molecule has 1 unspecified atom stereocenters. The van der Waals surface area contributed by atoms with E-state index >= 15 is 0 Å². The zero-order chi connectivity index (χ0) is 13.5. The van der Waals surface area contributed by atoms with Crippen LogP contribution in [-0.2, 0) is 12.0 Å². The number of aliphatic hydroxyl groups is 1. The van der Waals surface area contributed by atoms with E-state index in [1.165, 1.54) is 29.5 Å². The van der Waals surface area contributed by atoms with E-state index in [4.69, 9.17) is 5.73 Å². The largest absolute Gasteiger partial charge is 0.385 e. The smallest absolute Gasteiger partial charge is 0.0967 e. The predicted octanol–water partition coefficient (Wildman–Crippen LogP) is 3.04. The minimum Gasteiger partial charge on any atom is -0.385 e. The van der Waals surface area contributed by atoms with Gasteiger partial charge < -0.3 is 10.8 Å². The lowest BCUT2D eigenvalue weighted by atomic mass is 9.58. The molecule has 2 aliphatic carbocycles. The summed E-state index contributed by atoms with van der Waals surface area (Å²) in [6.45, 7) is 2.67. The molecule has 1 spiro atoms. The SMILES string of the molecule is Cc1ccc2c(c1)C(O)(CCN)C1(CCCC1)CC2. The Hall–Kier alpha value is -0.860. The maximum atomic E-state index is 11.5. The zero-order valence-electron chi connectivity index (χ0n) is 11.9. The highest BCUT2D eigenvalue weighted by Gasteiger charge is 2.54. The second-order valence-electron chi connectivity index (χ2n) is 6.55. The first-order chi connectivity index (χ1) is 9.11. The van der Waals surface area contributed by atoms with Crippen LogP contribution in [0.15, 0.2) is 18.2 Å². The first-order valence-corrected chi connectivity index (χ1v) is 7.64. The molecule has 1 atom stereocenters. The molecule has 3 N–H and O–H groups in total. The van der Waals surface area contributed by atoms with E-state index in [1.807, 2.05) is 0 Å². The highest BCUT2D eigenvalue weighted by molar-refractivity contribution is 5.40. The van der Waals surface area contributed by atoms with E-state index in [9.17, 15) is 5.11 Å². The molecule has 0 saturated heterocycles. The third kappa shape index (κ3) is 1.85. The fourth-order valence-electron chi connectivity index (χ4n) is 4.48. The van der Waals surface area contributed by atoms with Gasteiger partial charge in [0.05, 0.1) is 5.60 Å². The first kappa shape index (κ1) is 13.1. The highest BCUT2D eigenvalue weighted by atomic mass is 16.3. The number of fused-ring (bicyclic) bond motifs is 1. The Morgan fingerprint density at radius 3 is 2.63 bits per heavy atom. The maximum Gasteiger partial charge on any atom is 0.0967 e. The van der Waals surface area contributed by atoms with E-state index in [-0.39, 0.29) is 5.41 Å². The van der Waals surface area contributed by atoms with Crippen LogP contribution in [-0.4, -0.2) is 11.7 Å². The Kier molecular flexibility index (Phi) is 3.18. The quantitative estimate of drug-likeness (QED) is 0.857. The molecule has 1 fully saturated rings. The van der Waals surface area contributed by atoms with Gasteiger partial charge in [0, 0.05) is 5.41 Å². The Morgan fingerprint density at radius 1 is 1.21 bits per heavy atom. The summed E-state index contributed by atoms with van der Waals surface area (Å²) in [5, 5.41) is 11.5. The number of benzene rings is 1. The van der Waals surface area contributed by atoms with Gasteiger partial charge in [0.25, 0.3) is 0 Å². The summed E-state index contributed by atoms with van der Waals surface area (Å²) in [5.41, 5.74) is 8.97. The van der Waals surface area contributed by atoms with Gasteiger partial charge in [-0.2, -0.15) is 0 Å². The minimum atomic E-state index is -0.697. The average molecular weight is 259 g/mol. The van der Waals surface area contributed by atoms with E-state index in [0.717, 1.165) is 25.7 Å². The van der Waals surface area contributed by atoms with Gasteiger partial charge >= 0.3 is 0 Å². The lowest BCUT2D eigenvalue weighted by Crippen LogP contribution is -2.49. The lowest BCUT2D eigenvalue weighted by Gasteiger charge is -2.50. The predicted molar refractivity (Wildman–Crippen MR) is 78.0 cm³/mol. The van der Waals surface area contributed by atoms with Crippen molar-refractivity contribution >= 4 is 0 Å². The van der Waals surface area contributed by atoms with Crippen LogP contribution in [0.4, 0.5) is 0 Å². The van der Waals surface area contributed by atoms with Crippen molar-refractivity contribution in [3.63, 3.8) is 0 Å². The van der Waals surface area contributed by atoms with E-state index < -0.39 is 5.60 Å². The number of hydrogen-bond donors (Lipinski definition) is 2. The van der Waals surface area contributed by atoms with Crippen molar-refractivity contribution in [1.82, 2.24) is 0 Å². The maximum absolute atomic E-state index is 11.5. The molecule has 1 aromatic rings. The van der Waals surface area contributed by atoms with E-state index in [0.29, 0.717) is 13.0 Å². The van der Waals surface area contributed by atoms with E-state index in [2.05, 4.69) is 25.1 Å². The summed E-state index contributed by atoms with van der Waals surface area (Å²) in [6, 6.07) is 6.56. The fourth-order valence-corrected chi connectivity index (χ4v) is 4.48. The normalized spacial score (nSPS) is 28.6. The monoisotopic (exact) mass is 259 g/mol. The van der Waals surface area contributed by atoms with Crippen LogP contribution < -0.4 is 5.73 Å². The second kappa shape index (κ2) is 4.60. The molecule has 2 aliphatic rings. The first-order valence-electron chi connectivity index (χ1n) is 7.64. The molecule has 0 heterocycles. The third-order valence-electron chi connectivity index (χ3n) is 5.53. The van der Waals surface area contributed by atoms with Crippen LogP contribution in [0, 0.1) is 12.3 Å². The Balaban J connectivity index is 2.13. The van der Waals surface area contributed by atoms with Crippen molar-refractivity contribution in [1.29, 1.82) is 0 Å². The number of hydrogen-bond acceptors (Lipinski definition) is 2. The van der Waals surface area contributed by atoms with Crippen molar-refractivity contribution in [3.8, 4) is 0 Å². The van der Waals surface area contributed by atoms with Crippen molar-refractivity contribution < 1.29 is 5.11 Å². The van der Waals surface area contributed by atoms with Gasteiger partial charge in [0.1, 0.15) is 0 Å². The molecule has 0 aliphatic heterocycles. The Labute approximate surface area is 116 Å². The van der Waals surface area contributed by atoms with Gasteiger partial charge in [-0.3, -0.25) is 0 Å². The summed E-state index contributed by atoms with van der Waals surface area (Å²) in [7, 11) is 0. The van der Waals surface area contributed by atoms with Gasteiger partial charge in [0.15, 0.2) is 0 Å². The summed E-state index contributed by atoms with van der Waals surface area (Å²) >= 11 is 0. The summed E-state index contributed by atoms with van der Waals surface area (Å²) in [6.07, 6.45) is 7.78. The van der Waals surface area contributed by atoms with Crippen molar-refractivity contribution in [2.24, 2.45) is 11.1 Å². The minimum absolute atomic E-state index is 0.0904. The van der Waals surface area contributed by atoms with Crippen molar-refractivity contribution in [2.45, 2.75) is 57.5 Å². The molecule has 2 nitrogen and oxygen atoms in total. The number of rotatable bonds is 2. The van der Waals surface area contributed by atoms with Crippen LogP contribution in [0.1, 0.15) is 55.2 Å². The molecule has 3 rings (SSSR count). The molecular formula is C17H25NO. The molecule has 0 aromatic heterocycles. The van der Waals surface area contributed by atoms with Gasteiger partial charge in [0.2, 0.25) is 0 Å². The average Bonchev–Trinajstić information content (AvgIpc) is 2.86. The van der Waals surface area contributed by atoms with Crippen LogP contribution >= 0.6 is 0 Å². The molecule has 2 heteroatoms. The van der Waals surface area contributed by atoms with Gasteiger partial charge in [-0.1, -0.05) is 36.6 Å². The molecule has 1 saturated carbocycles. The summed E-state index contributed by atoms with van der Waals surface area (Å²) in [4.78, 5) is 0. The van der Waals surface area contributed by atoms with Crippen molar-refractivity contribution in [2.75, 3.05) is 6.54 Å². The number of aryl methyl sites for hydroxylation is 2. The molecule has 0 radical (unpaired) electrons. The van der Waals surface area contributed by atoms with Gasteiger partial charge in [-0.05, 0) is 56.7 Å². The Morgan fingerprint density at radius 2 is 1.95 bits per heavy atom. The fraction of sp³-hybridized carbons (Fsp3) is 0.647. The second-order valence-corrected chi connectivity index (χ2v) is 6.55. The highest BCUT2D eigenvalue weighted by Crippen LogP contribution is 2.58. The number of nitrogens with two attached hydrogens (primary N) is 1. The van der Waals surface area contributed by atoms with Crippen LogP contribution in [0.25, 0.3) is 0 Å². The standard InChI is InChI=1S/C17H25NO/c1-13-4-5-14-6-9-16(7-2-3-8-16)17(19,10-11-18)15(14)12-13/h4-5,12,19H,2-3,6-11,18H2,1H3. The Bertz CT molecular complexity index is 476. The molecule has 104 valence electrons. The van der Waals surface area contributed by atoms with Crippen LogP contribution in [0.2, 0.25) is 0 Å². The van der Waals surface area contributed by atoms with Crippen LogP contribution in [0.3, 0.4) is 0 Å². The molecule has 1 aromatic carbocycles. The zero-order valence-corrected chi connectivity index (χ0v) is 11.9. The molecule has 0 amide bonds. The van der Waals surface area contributed by atoms with Crippen LogP contribution in [0.5, 0.6) is 0 Å². The molecule has 0 bridgehead atoms. The van der Waals surface area contributed by atoms with Gasteiger partial charge in [-0.15, -0.1) is 0 Å². The molecule has 19 heavy (non-hydrogen) atoms. The molecular weight excluding hydrogens is 234 g/mol. The van der Waals surface area contributed by atoms with Gasteiger partial charge in [-0.25, -0.2) is 0 Å². The third-order valence-corrected chi connectivity index (χ3v) is 5.53. The summed E-state index contributed by atoms with van der Waals surface area (Å²) < 4.78 is 0. The summed E-state index contributed by atoms with van der Waals surface area (Å²) in [5.74, 6) is 0. The van der Waals surface area contributed by atoms with E-state index in [1.54, 1.807) is 0 Å². The lowest BCUT2D eigenvalue weighted by molar-refractivity contribution is -0.107. The topological polar surface area (TPSA) is 46.2 Å².